The smallest absolute Gasteiger partial charge is 0.0294 e. The predicted molar refractivity (Wildman–Crippen MR) is 67.7 cm³/mol. The normalized spacial score (nSPS) is 21.6. The number of rotatable bonds is 3. The molecule has 0 saturated heterocycles. The van der Waals surface area contributed by atoms with Crippen LogP contribution in [0.3, 0.4) is 0 Å². The van der Waals surface area contributed by atoms with Gasteiger partial charge in [-0.05, 0) is 55.7 Å². The van der Waals surface area contributed by atoms with Crippen LogP contribution in [0.5, 0.6) is 0 Å². The van der Waals surface area contributed by atoms with Gasteiger partial charge in [-0.25, -0.2) is 0 Å². The number of hydrogen-bond donors (Lipinski definition) is 1. The zero-order valence-electron chi connectivity index (χ0n) is 10.1. The first-order valence-corrected chi connectivity index (χ1v) is 6.71. The van der Waals surface area contributed by atoms with E-state index in [1.807, 2.05) is 0 Å². The average Bonchev–Trinajstić information content (AvgIpc) is 2.69. The molecule has 1 saturated carbocycles. The molecule has 0 radical (unpaired) electrons. The van der Waals surface area contributed by atoms with Crippen LogP contribution >= 0.6 is 0 Å². The predicted octanol–water partition coefficient (Wildman–Crippen LogP) is 3.38. The Hall–Kier alpha value is -0.820. The fourth-order valence-corrected chi connectivity index (χ4v) is 2.89. The lowest BCUT2D eigenvalue weighted by Gasteiger charge is -2.30. The highest BCUT2D eigenvalue weighted by Crippen LogP contribution is 2.27. The first kappa shape index (κ1) is 10.3. The van der Waals surface area contributed by atoms with Gasteiger partial charge in [0, 0.05) is 12.1 Å². The van der Waals surface area contributed by atoms with E-state index in [-0.39, 0.29) is 0 Å². The summed E-state index contributed by atoms with van der Waals surface area (Å²) < 4.78 is 0. The minimum Gasteiger partial charge on any atom is -0.307 e. The van der Waals surface area contributed by atoms with E-state index in [0.717, 1.165) is 6.04 Å². The highest BCUT2D eigenvalue weighted by Gasteiger charge is 2.20. The molecule has 0 heterocycles. The summed E-state index contributed by atoms with van der Waals surface area (Å²) in [4.78, 5) is 0. The van der Waals surface area contributed by atoms with Crippen LogP contribution in [0.2, 0.25) is 0 Å². The molecule has 1 N–H and O–H groups in total. The van der Waals surface area contributed by atoms with Gasteiger partial charge in [0.2, 0.25) is 0 Å². The van der Waals surface area contributed by atoms with E-state index in [1.54, 1.807) is 11.1 Å². The van der Waals surface area contributed by atoms with Crippen LogP contribution in [0.4, 0.5) is 0 Å². The monoisotopic (exact) mass is 215 g/mol. The summed E-state index contributed by atoms with van der Waals surface area (Å²) >= 11 is 0. The van der Waals surface area contributed by atoms with E-state index < -0.39 is 0 Å². The summed E-state index contributed by atoms with van der Waals surface area (Å²) in [5.41, 5.74) is 4.66. The molecule has 1 atom stereocenters. The third-order valence-electron chi connectivity index (χ3n) is 4.21. The molecule has 86 valence electrons. The second-order valence-corrected chi connectivity index (χ2v) is 5.40. The van der Waals surface area contributed by atoms with E-state index in [1.165, 1.54) is 44.1 Å². The van der Waals surface area contributed by atoms with E-state index in [4.69, 9.17) is 0 Å². The lowest BCUT2D eigenvalue weighted by molar-refractivity contribution is 0.313. The van der Waals surface area contributed by atoms with Gasteiger partial charge in [0.1, 0.15) is 0 Å². The summed E-state index contributed by atoms with van der Waals surface area (Å²) in [7, 11) is 0. The molecule has 2 aliphatic carbocycles. The van der Waals surface area contributed by atoms with Gasteiger partial charge in [-0.2, -0.15) is 0 Å². The third-order valence-corrected chi connectivity index (χ3v) is 4.21. The van der Waals surface area contributed by atoms with Crippen molar-refractivity contribution in [3.05, 3.63) is 34.9 Å². The molecule has 0 aromatic heterocycles. The van der Waals surface area contributed by atoms with E-state index in [2.05, 4.69) is 30.4 Å². The van der Waals surface area contributed by atoms with Gasteiger partial charge in [0.05, 0.1) is 0 Å². The van der Waals surface area contributed by atoms with E-state index in [9.17, 15) is 0 Å². The number of aryl methyl sites for hydroxylation is 2. The minimum atomic E-state index is 0.524. The fourth-order valence-electron chi connectivity index (χ4n) is 2.89. The summed E-state index contributed by atoms with van der Waals surface area (Å²) in [5.74, 6) is 0. The van der Waals surface area contributed by atoms with Gasteiger partial charge >= 0.3 is 0 Å². The maximum Gasteiger partial charge on any atom is 0.0294 e. The molecule has 1 unspecified atom stereocenters. The number of fused-ring (bicyclic) bond motifs is 1. The molecule has 0 aliphatic heterocycles. The van der Waals surface area contributed by atoms with Crippen molar-refractivity contribution in [2.24, 2.45) is 0 Å². The average molecular weight is 215 g/mol. The molecular weight excluding hydrogens is 194 g/mol. The largest absolute Gasteiger partial charge is 0.307 e. The van der Waals surface area contributed by atoms with Gasteiger partial charge in [-0.3, -0.25) is 0 Å². The lowest BCUT2D eigenvalue weighted by atomic mass is 9.91. The molecule has 0 spiro atoms. The summed E-state index contributed by atoms with van der Waals surface area (Å²) in [6.45, 7) is 2.30. The summed E-state index contributed by atoms with van der Waals surface area (Å²) in [6, 6.07) is 8.40. The van der Waals surface area contributed by atoms with Crippen LogP contribution in [-0.2, 0) is 12.8 Å². The van der Waals surface area contributed by atoms with Crippen molar-refractivity contribution in [1.29, 1.82) is 0 Å². The van der Waals surface area contributed by atoms with Crippen molar-refractivity contribution in [3.63, 3.8) is 0 Å². The second kappa shape index (κ2) is 4.21. The number of benzene rings is 1. The fraction of sp³-hybridized carbons (Fsp3) is 0.600. The molecule has 0 amide bonds. The van der Waals surface area contributed by atoms with Gasteiger partial charge in [0.25, 0.3) is 0 Å². The minimum absolute atomic E-state index is 0.524. The SMILES string of the molecule is CC(NC1CCC1)c1ccc2c(c1)CCC2. The Morgan fingerprint density at radius 1 is 1.12 bits per heavy atom. The third kappa shape index (κ3) is 1.89. The molecule has 3 rings (SSSR count). The molecule has 1 aromatic carbocycles. The van der Waals surface area contributed by atoms with Crippen LogP contribution in [0.15, 0.2) is 18.2 Å². The van der Waals surface area contributed by atoms with E-state index in [0.29, 0.717) is 6.04 Å². The maximum atomic E-state index is 3.72. The van der Waals surface area contributed by atoms with Gasteiger partial charge < -0.3 is 5.32 Å². The zero-order valence-corrected chi connectivity index (χ0v) is 10.1. The van der Waals surface area contributed by atoms with Crippen LogP contribution in [0.1, 0.15) is 55.3 Å². The van der Waals surface area contributed by atoms with E-state index >= 15 is 0 Å². The molecule has 1 heteroatoms. The Kier molecular flexibility index (Phi) is 2.72. The second-order valence-electron chi connectivity index (χ2n) is 5.40. The van der Waals surface area contributed by atoms with Crippen molar-refractivity contribution in [2.75, 3.05) is 0 Å². The highest BCUT2D eigenvalue weighted by molar-refractivity contribution is 5.36. The number of hydrogen-bond acceptors (Lipinski definition) is 1. The van der Waals surface area contributed by atoms with Gasteiger partial charge in [0.15, 0.2) is 0 Å². The van der Waals surface area contributed by atoms with Gasteiger partial charge in [-0.15, -0.1) is 0 Å². The Morgan fingerprint density at radius 3 is 2.69 bits per heavy atom. The molecule has 1 nitrogen and oxygen atoms in total. The van der Waals surface area contributed by atoms with Crippen LogP contribution in [0.25, 0.3) is 0 Å². The van der Waals surface area contributed by atoms with Crippen LogP contribution < -0.4 is 5.32 Å². The quantitative estimate of drug-likeness (QED) is 0.815. The standard InChI is InChI=1S/C15H21N/c1-11(16-15-6-3-7-15)13-9-8-12-4-2-5-14(12)10-13/h8-11,15-16H,2-7H2,1H3. The van der Waals surface area contributed by atoms with Crippen molar-refractivity contribution in [2.45, 2.75) is 57.5 Å². The molecule has 2 aliphatic rings. The molecule has 16 heavy (non-hydrogen) atoms. The Labute approximate surface area is 98.3 Å². The maximum absolute atomic E-state index is 3.72. The highest BCUT2D eigenvalue weighted by atomic mass is 15.0. The first-order chi connectivity index (χ1) is 7.83. The van der Waals surface area contributed by atoms with Crippen LogP contribution in [-0.4, -0.2) is 6.04 Å². The Balaban J connectivity index is 1.72. The van der Waals surface area contributed by atoms with Crippen LogP contribution in [0, 0.1) is 0 Å². The van der Waals surface area contributed by atoms with Gasteiger partial charge in [-0.1, -0.05) is 24.6 Å². The Morgan fingerprint density at radius 2 is 1.94 bits per heavy atom. The lowest BCUT2D eigenvalue weighted by Crippen LogP contribution is -2.36. The molecule has 1 fully saturated rings. The first-order valence-electron chi connectivity index (χ1n) is 6.71. The number of nitrogens with one attached hydrogen (secondary N) is 1. The molecule has 1 aromatic rings. The van der Waals surface area contributed by atoms with Crippen molar-refractivity contribution in [3.8, 4) is 0 Å². The van der Waals surface area contributed by atoms with Crippen molar-refractivity contribution >= 4 is 0 Å². The topological polar surface area (TPSA) is 12.0 Å². The zero-order chi connectivity index (χ0) is 11.0. The van der Waals surface area contributed by atoms with Crippen molar-refractivity contribution in [1.82, 2.24) is 5.32 Å². The molecule has 0 bridgehead atoms. The molecular formula is C15H21N. The summed E-state index contributed by atoms with van der Waals surface area (Å²) in [5, 5.41) is 3.72. The van der Waals surface area contributed by atoms with Crippen molar-refractivity contribution < 1.29 is 0 Å². The Bertz CT molecular complexity index is 379. The summed E-state index contributed by atoms with van der Waals surface area (Å²) in [6.07, 6.45) is 8.09.